The Labute approximate surface area is 128 Å². The summed E-state index contributed by atoms with van der Waals surface area (Å²) in [5, 5.41) is 32.3. The molecule has 4 aliphatic carbocycles. The standard InChI is InChI=1S/C18H32O3/c1-2-3-4-5-6-7-8-15-9-16(19)12-17(20,10-15)14-18(21,11-15)13-16/h19-21H,2-14H2,1H3. The topological polar surface area (TPSA) is 60.7 Å². The van der Waals surface area contributed by atoms with Gasteiger partial charge in [-0.05, 0) is 31.1 Å². The molecule has 4 fully saturated rings. The third-order valence-corrected chi connectivity index (χ3v) is 6.15. The molecule has 21 heavy (non-hydrogen) atoms. The van der Waals surface area contributed by atoms with Crippen molar-refractivity contribution in [3.63, 3.8) is 0 Å². The van der Waals surface area contributed by atoms with Crippen molar-refractivity contribution >= 4 is 0 Å². The van der Waals surface area contributed by atoms with Gasteiger partial charge in [0.15, 0.2) is 0 Å². The first-order valence-electron chi connectivity index (χ1n) is 8.97. The van der Waals surface area contributed by atoms with Crippen molar-refractivity contribution in [1.29, 1.82) is 0 Å². The van der Waals surface area contributed by atoms with Gasteiger partial charge >= 0.3 is 0 Å². The van der Waals surface area contributed by atoms with Gasteiger partial charge < -0.3 is 15.3 Å². The van der Waals surface area contributed by atoms with Crippen molar-refractivity contribution in [1.82, 2.24) is 0 Å². The molecule has 0 saturated heterocycles. The Balaban J connectivity index is 1.60. The van der Waals surface area contributed by atoms with E-state index in [-0.39, 0.29) is 5.41 Å². The van der Waals surface area contributed by atoms with E-state index in [1.54, 1.807) is 0 Å². The molecule has 4 aliphatic rings. The molecule has 0 aliphatic heterocycles. The first-order valence-corrected chi connectivity index (χ1v) is 8.97. The van der Waals surface area contributed by atoms with E-state index in [0.717, 1.165) is 25.7 Å². The fourth-order valence-electron chi connectivity index (χ4n) is 6.23. The van der Waals surface area contributed by atoms with E-state index < -0.39 is 16.8 Å². The number of hydrogen-bond acceptors (Lipinski definition) is 3. The van der Waals surface area contributed by atoms with E-state index in [0.29, 0.717) is 19.3 Å². The lowest BCUT2D eigenvalue weighted by atomic mass is 9.44. The van der Waals surface area contributed by atoms with Crippen molar-refractivity contribution in [3.05, 3.63) is 0 Å². The summed E-state index contributed by atoms with van der Waals surface area (Å²) >= 11 is 0. The van der Waals surface area contributed by atoms with Crippen LogP contribution in [0.2, 0.25) is 0 Å². The Bertz CT molecular complexity index is 338. The fourth-order valence-corrected chi connectivity index (χ4v) is 6.23. The first-order chi connectivity index (χ1) is 9.80. The van der Waals surface area contributed by atoms with Gasteiger partial charge in [0.25, 0.3) is 0 Å². The van der Waals surface area contributed by atoms with Crippen molar-refractivity contribution in [2.24, 2.45) is 5.41 Å². The maximum atomic E-state index is 10.8. The zero-order valence-corrected chi connectivity index (χ0v) is 13.5. The summed E-state index contributed by atoms with van der Waals surface area (Å²) in [5.74, 6) is 0. The van der Waals surface area contributed by atoms with E-state index >= 15 is 0 Å². The predicted molar refractivity (Wildman–Crippen MR) is 83.0 cm³/mol. The molecule has 4 rings (SSSR count). The molecule has 0 heterocycles. The molecule has 0 amide bonds. The van der Waals surface area contributed by atoms with Crippen LogP contribution < -0.4 is 0 Å². The van der Waals surface area contributed by atoms with Gasteiger partial charge in [0.05, 0.1) is 16.8 Å². The highest BCUT2D eigenvalue weighted by Crippen LogP contribution is 2.65. The summed E-state index contributed by atoms with van der Waals surface area (Å²) in [7, 11) is 0. The lowest BCUT2D eigenvalue weighted by Crippen LogP contribution is -2.69. The second-order valence-corrected chi connectivity index (χ2v) is 8.75. The van der Waals surface area contributed by atoms with Crippen molar-refractivity contribution in [2.45, 2.75) is 107 Å². The maximum Gasteiger partial charge on any atom is 0.0707 e. The summed E-state index contributed by atoms with van der Waals surface area (Å²) < 4.78 is 0. The lowest BCUT2D eigenvalue weighted by molar-refractivity contribution is -0.281. The maximum absolute atomic E-state index is 10.8. The minimum atomic E-state index is -0.819. The predicted octanol–water partition coefficient (Wildman–Crippen LogP) is 3.30. The second-order valence-electron chi connectivity index (χ2n) is 8.75. The molecule has 4 bridgehead atoms. The summed E-state index contributed by atoms with van der Waals surface area (Å²) in [6, 6.07) is 0. The third kappa shape index (κ3) is 3.16. The van der Waals surface area contributed by atoms with E-state index in [4.69, 9.17) is 0 Å². The lowest BCUT2D eigenvalue weighted by Gasteiger charge is -2.66. The summed E-state index contributed by atoms with van der Waals surface area (Å²) in [5.41, 5.74) is -2.47. The molecule has 122 valence electrons. The quantitative estimate of drug-likeness (QED) is 0.632. The fraction of sp³-hybridized carbons (Fsp3) is 1.00. The molecule has 0 spiro atoms. The molecule has 0 aromatic rings. The largest absolute Gasteiger partial charge is 0.390 e. The molecular weight excluding hydrogens is 264 g/mol. The Hall–Kier alpha value is -0.120. The Kier molecular flexibility index (Phi) is 3.91. The van der Waals surface area contributed by atoms with E-state index in [1.165, 1.54) is 38.5 Å². The van der Waals surface area contributed by atoms with Crippen molar-refractivity contribution in [3.8, 4) is 0 Å². The molecule has 3 nitrogen and oxygen atoms in total. The highest BCUT2D eigenvalue weighted by atomic mass is 16.3. The molecular formula is C18H32O3. The van der Waals surface area contributed by atoms with Crippen LogP contribution in [-0.2, 0) is 0 Å². The van der Waals surface area contributed by atoms with Crippen LogP contribution in [0.5, 0.6) is 0 Å². The smallest absolute Gasteiger partial charge is 0.0707 e. The number of hydrogen-bond donors (Lipinski definition) is 3. The average molecular weight is 296 g/mol. The zero-order chi connectivity index (χ0) is 15.2. The van der Waals surface area contributed by atoms with Crippen LogP contribution in [0.15, 0.2) is 0 Å². The highest BCUT2D eigenvalue weighted by Gasteiger charge is 2.67. The molecule has 0 unspecified atom stereocenters. The van der Waals surface area contributed by atoms with Gasteiger partial charge in [-0.3, -0.25) is 0 Å². The van der Waals surface area contributed by atoms with Gasteiger partial charge in [-0.2, -0.15) is 0 Å². The first kappa shape index (κ1) is 15.8. The minimum Gasteiger partial charge on any atom is -0.390 e. The van der Waals surface area contributed by atoms with Crippen LogP contribution in [0.4, 0.5) is 0 Å². The summed E-state index contributed by atoms with van der Waals surface area (Å²) in [6.45, 7) is 2.23. The molecule has 3 heteroatoms. The van der Waals surface area contributed by atoms with Gasteiger partial charge in [0.1, 0.15) is 0 Å². The van der Waals surface area contributed by atoms with Crippen LogP contribution in [-0.4, -0.2) is 32.1 Å². The summed E-state index contributed by atoms with van der Waals surface area (Å²) in [6.07, 6.45) is 12.5. The Morgan fingerprint density at radius 2 is 1.05 bits per heavy atom. The second kappa shape index (κ2) is 5.21. The van der Waals surface area contributed by atoms with Crippen molar-refractivity contribution < 1.29 is 15.3 Å². The Morgan fingerprint density at radius 1 is 0.619 bits per heavy atom. The van der Waals surface area contributed by atoms with Crippen molar-refractivity contribution in [2.75, 3.05) is 0 Å². The number of aliphatic hydroxyl groups is 3. The van der Waals surface area contributed by atoms with Crippen LogP contribution in [0, 0.1) is 5.41 Å². The van der Waals surface area contributed by atoms with Gasteiger partial charge in [-0.1, -0.05) is 45.4 Å². The normalized spacial score (nSPS) is 48.0. The molecule has 0 aromatic heterocycles. The highest BCUT2D eigenvalue weighted by molar-refractivity contribution is 5.19. The molecule has 0 aromatic carbocycles. The molecule has 3 N–H and O–H groups in total. The monoisotopic (exact) mass is 296 g/mol. The van der Waals surface area contributed by atoms with Crippen LogP contribution >= 0.6 is 0 Å². The number of rotatable bonds is 7. The SMILES string of the molecule is CCCCCCCCC12CC3(O)CC(O)(CC(O)(C3)C1)C2. The minimum absolute atomic E-state index is 0.0161. The van der Waals surface area contributed by atoms with E-state index in [9.17, 15) is 15.3 Å². The van der Waals surface area contributed by atoms with Gasteiger partial charge in [0, 0.05) is 19.3 Å². The van der Waals surface area contributed by atoms with Gasteiger partial charge in [0.2, 0.25) is 0 Å². The van der Waals surface area contributed by atoms with Crippen LogP contribution in [0.25, 0.3) is 0 Å². The van der Waals surface area contributed by atoms with E-state index in [2.05, 4.69) is 6.92 Å². The zero-order valence-electron chi connectivity index (χ0n) is 13.5. The molecule has 4 saturated carbocycles. The average Bonchev–Trinajstić information content (AvgIpc) is 2.27. The third-order valence-electron chi connectivity index (χ3n) is 6.15. The molecule has 0 atom stereocenters. The molecule has 0 radical (unpaired) electrons. The van der Waals surface area contributed by atoms with Gasteiger partial charge in [-0.25, -0.2) is 0 Å². The van der Waals surface area contributed by atoms with Crippen LogP contribution in [0.3, 0.4) is 0 Å². The Morgan fingerprint density at radius 3 is 1.52 bits per heavy atom. The summed E-state index contributed by atoms with van der Waals surface area (Å²) in [4.78, 5) is 0. The van der Waals surface area contributed by atoms with E-state index in [1.807, 2.05) is 0 Å². The van der Waals surface area contributed by atoms with Crippen LogP contribution in [0.1, 0.15) is 90.4 Å². The number of unbranched alkanes of at least 4 members (excludes halogenated alkanes) is 5. The van der Waals surface area contributed by atoms with Gasteiger partial charge in [-0.15, -0.1) is 0 Å².